The van der Waals surface area contributed by atoms with Crippen molar-refractivity contribution in [1.82, 2.24) is 15.6 Å². The quantitative estimate of drug-likeness (QED) is 0.292. The van der Waals surface area contributed by atoms with Crippen molar-refractivity contribution < 1.29 is 23.4 Å². The maximum atomic E-state index is 13.8. The predicted octanol–water partition coefficient (Wildman–Crippen LogP) is 5.03. The molecular formula is C26H30ClF2N4O3. The number of halogens is 3. The Morgan fingerprint density at radius 3 is 2.81 bits per heavy atom. The van der Waals surface area contributed by atoms with E-state index in [2.05, 4.69) is 20.9 Å². The summed E-state index contributed by atoms with van der Waals surface area (Å²) in [6.45, 7) is 4.67. The molecule has 10 heteroatoms. The summed E-state index contributed by atoms with van der Waals surface area (Å²) in [6, 6.07) is 10.0. The van der Waals surface area contributed by atoms with E-state index in [1.165, 1.54) is 24.4 Å². The Labute approximate surface area is 214 Å². The van der Waals surface area contributed by atoms with Gasteiger partial charge in [-0.15, -0.1) is 0 Å². The van der Waals surface area contributed by atoms with Gasteiger partial charge in [-0.05, 0) is 74.5 Å². The Balaban J connectivity index is 1.55. The molecule has 3 rings (SSSR count). The summed E-state index contributed by atoms with van der Waals surface area (Å²) in [5.74, 6) is -0.675. The smallest absolute Gasteiger partial charge is 0.412 e. The van der Waals surface area contributed by atoms with Crippen LogP contribution in [0, 0.1) is 11.6 Å². The molecular weight excluding hydrogens is 490 g/mol. The van der Waals surface area contributed by atoms with Crippen molar-refractivity contribution in [2.24, 2.45) is 0 Å². The van der Waals surface area contributed by atoms with E-state index in [1.807, 2.05) is 0 Å². The lowest BCUT2D eigenvalue weighted by Crippen LogP contribution is -2.36. The fraction of sp³-hybridized carbons (Fsp3) is 0.385. The van der Waals surface area contributed by atoms with Gasteiger partial charge in [0.05, 0.1) is 16.7 Å². The molecule has 0 saturated heterocycles. The van der Waals surface area contributed by atoms with Crippen molar-refractivity contribution in [3.63, 3.8) is 0 Å². The van der Waals surface area contributed by atoms with E-state index in [0.29, 0.717) is 36.9 Å². The molecule has 2 aromatic carbocycles. The molecule has 0 aliphatic heterocycles. The molecule has 193 valence electrons. The number of aromatic nitrogens is 1. The van der Waals surface area contributed by atoms with E-state index < -0.39 is 17.5 Å². The summed E-state index contributed by atoms with van der Waals surface area (Å²) in [4.78, 5) is 16.5. The average molecular weight is 520 g/mol. The predicted molar refractivity (Wildman–Crippen MR) is 136 cm³/mol. The summed E-state index contributed by atoms with van der Waals surface area (Å²) >= 11 is 6.04. The fourth-order valence-electron chi connectivity index (χ4n) is 3.48. The molecule has 7 nitrogen and oxygen atoms in total. The number of hydrogen-bond donors (Lipinski definition) is 3. The Morgan fingerprint density at radius 2 is 2.03 bits per heavy atom. The van der Waals surface area contributed by atoms with Gasteiger partial charge in [-0.2, -0.15) is 0 Å². The minimum Gasteiger partial charge on any atom is -0.448 e. The van der Waals surface area contributed by atoms with Crippen LogP contribution in [-0.4, -0.2) is 47.5 Å². The third-order valence-electron chi connectivity index (χ3n) is 5.32. The number of rotatable bonds is 12. The molecule has 1 amide bonds. The van der Waals surface area contributed by atoms with Gasteiger partial charge in [-0.1, -0.05) is 23.7 Å². The number of carbonyl (C=O) groups is 1. The zero-order valence-corrected chi connectivity index (χ0v) is 21.0. The molecule has 0 bridgehead atoms. The first-order valence-corrected chi connectivity index (χ1v) is 12.0. The number of fused-ring (bicyclic) bond motifs is 1. The molecule has 0 aliphatic carbocycles. The Morgan fingerprint density at radius 1 is 1.22 bits per heavy atom. The number of hydrogen-bond acceptors (Lipinski definition) is 5. The Bertz CT molecular complexity index is 1170. The van der Waals surface area contributed by atoms with E-state index in [4.69, 9.17) is 16.3 Å². The average Bonchev–Trinajstić information content (AvgIpc) is 2.81. The number of carbonyl (C=O) groups excluding carboxylic acids is 1. The van der Waals surface area contributed by atoms with Gasteiger partial charge in [0.1, 0.15) is 24.1 Å². The van der Waals surface area contributed by atoms with Crippen molar-refractivity contribution >= 4 is 34.3 Å². The Hall–Kier alpha value is -2.85. The number of nitrogens with one attached hydrogen (secondary N) is 2. The van der Waals surface area contributed by atoms with Crippen LogP contribution in [0.4, 0.5) is 19.4 Å². The van der Waals surface area contributed by atoms with E-state index >= 15 is 0 Å². The number of pyridine rings is 1. The van der Waals surface area contributed by atoms with E-state index in [0.717, 1.165) is 5.39 Å². The van der Waals surface area contributed by atoms with Crippen LogP contribution in [0.25, 0.3) is 10.8 Å². The van der Waals surface area contributed by atoms with Crippen LogP contribution in [0.15, 0.2) is 48.7 Å². The van der Waals surface area contributed by atoms with Crippen LogP contribution in [-0.2, 0) is 11.3 Å². The van der Waals surface area contributed by atoms with Gasteiger partial charge in [0.25, 0.3) is 0 Å². The topological polar surface area (TPSA) is 97.6 Å². The monoisotopic (exact) mass is 519 g/mol. The summed E-state index contributed by atoms with van der Waals surface area (Å²) in [5, 5.41) is 21.5. The highest BCUT2D eigenvalue weighted by molar-refractivity contribution is 6.31. The van der Waals surface area contributed by atoms with Crippen LogP contribution in [0.2, 0.25) is 5.02 Å². The molecule has 3 aromatic rings. The summed E-state index contributed by atoms with van der Waals surface area (Å²) in [6.07, 6.45) is 2.12. The maximum Gasteiger partial charge on any atom is 0.412 e. The number of amides is 1. The second-order valence-electron chi connectivity index (χ2n) is 9.12. The maximum absolute atomic E-state index is 13.8. The molecule has 1 radical (unpaired) electrons. The number of nitrogens with zero attached hydrogens (tertiary/aromatic N) is 2. The molecule has 0 aliphatic rings. The minimum absolute atomic E-state index is 0.00747. The molecule has 0 unspecified atom stereocenters. The van der Waals surface area contributed by atoms with Gasteiger partial charge in [-0.3, -0.25) is 5.32 Å². The van der Waals surface area contributed by atoms with E-state index in [-0.39, 0.29) is 35.9 Å². The van der Waals surface area contributed by atoms with Gasteiger partial charge < -0.3 is 15.2 Å². The van der Waals surface area contributed by atoms with Gasteiger partial charge in [0.15, 0.2) is 0 Å². The minimum atomic E-state index is -0.818. The van der Waals surface area contributed by atoms with Crippen LogP contribution in [0.1, 0.15) is 32.3 Å². The van der Waals surface area contributed by atoms with Gasteiger partial charge >= 0.3 is 6.09 Å². The summed E-state index contributed by atoms with van der Waals surface area (Å²) in [5.41, 5.74) is -0.277. The standard InChI is InChI=1S/C26H30ClF2N4O3/c1-26(2,35)16-30-10-4-6-21(31-14-18-5-3-7-22(29)24(18)27)15-36-25(34)33-23-12-19-11-20(28)9-8-17(19)13-32-23/h3,5,7-9,11-13,21,30,35H,4,6,10,14-16H2,1-2H3,(H,32,33,34)/t21-/m0/s1. The van der Waals surface area contributed by atoms with Gasteiger partial charge in [-0.25, -0.2) is 23.9 Å². The zero-order chi connectivity index (χ0) is 26.1. The van der Waals surface area contributed by atoms with Crippen LogP contribution in [0.3, 0.4) is 0 Å². The molecule has 1 atom stereocenters. The lowest BCUT2D eigenvalue weighted by atomic mass is 10.1. The molecule has 1 aromatic heterocycles. The highest BCUT2D eigenvalue weighted by atomic mass is 35.5. The number of anilines is 1. The lowest BCUT2D eigenvalue weighted by Gasteiger charge is -2.20. The SMILES string of the molecule is CC(C)(O)CNCCC[C@@H](COC(=O)Nc1cc2cc(F)ccc2cn1)[N]Cc1cccc(F)c1Cl. The van der Waals surface area contributed by atoms with Crippen molar-refractivity contribution in [2.45, 2.75) is 44.9 Å². The molecule has 0 saturated carbocycles. The summed E-state index contributed by atoms with van der Waals surface area (Å²) in [7, 11) is 0. The number of ether oxygens (including phenoxy) is 1. The molecule has 3 N–H and O–H groups in total. The molecule has 36 heavy (non-hydrogen) atoms. The highest BCUT2D eigenvalue weighted by Crippen LogP contribution is 2.20. The van der Waals surface area contributed by atoms with Crippen molar-refractivity contribution in [2.75, 3.05) is 25.0 Å². The van der Waals surface area contributed by atoms with Crippen LogP contribution < -0.4 is 16.0 Å². The molecule has 1 heterocycles. The highest BCUT2D eigenvalue weighted by Gasteiger charge is 2.16. The van der Waals surface area contributed by atoms with E-state index in [1.54, 1.807) is 38.1 Å². The van der Waals surface area contributed by atoms with Crippen LogP contribution in [0.5, 0.6) is 0 Å². The van der Waals surface area contributed by atoms with Crippen molar-refractivity contribution in [3.05, 3.63) is 70.9 Å². The number of aliphatic hydroxyl groups is 1. The molecule has 0 spiro atoms. The largest absolute Gasteiger partial charge is 0.448 e. The second kappa shape index (κ2) is 12.9. The zero-order valence-electron chi connectivity index (χ0n) is 20.2. The lowest BCUT2D eigenvalue weighted by molar-refractivity contribution is 0.0796. The first-order chi connectivity index (χ1) is 17.1. The fourth-order valence-corrected chi connectivity index (χ4v) is 3.66. The van der Waals surface area contributed by atoms with E-state index in [9.17, 15) is 18.7 Å². The van der Waals surface area contributed by atoms with Crippen LogP contribution >= 0.6 is 11.6 Å². The van der Waals surface area contributed by atoms with Crippen molar-refractivity contribution in [1.29, 1.82) is 0 Å². The third-order valence-corrected chi connectivity index (χ3v) is 5.74. The number of benzene rings is 2. The summed E-state index contributed by atoms with van der Waals surface area (Å²) < 4.78 is 32.6. The normalized spacial score (nSPS) is 12.5. The Kier molecular flexibility index (Phi) is 9.95. The first kappa shape index (κ1) is 27.7. The third kappa shape index (κ3) is 8.98. The van der Waals surface area contributed by atoms with Gasteiger partial charge in [0.2, 0.25) is 0 Å². The molecule has 0 fully saturated rings. The second-order valence-corrected chi connectivity index (χ2v) is 9.50. The first-order valence-electron chi connectivity index (χ1n) is 11.6. The van der Waals surface area contributed by atoms with Gasteiger partial charge in [0, 0.05) is 24.7 Å². The van der Waals surface area contributed by atoms with Crippen molar-refractivity contribution in [3.8, 4) is 0 Å².